The van der Waals surface area contributed by atoms with E-state index in [4.69, 9.17) is 16.3 Å². The molecule has 0 saturated heterocycles. The maximum atomic E-state index is 12.4. The van der Waals surface area contributed by atoms with Crippen molar-refractivity contribution in [3.8, 4) is 11.5 Å². The lowest BCUT2D eigenvalue weighted by molar-refractivity contribution is 0.0959. The molecule has 5 nitrogen and oxygen atoms in total. The van der Waals surface area contributed by atoms with Crippen molar-refractivity contribution in [2.24, 2.45) is 5.10 Å². The lowest BCUT2D eigenvalue weighted by atomic mass is 10.2. The summed E-state index contributed by atoms with van der Waals surface area (Å²) in [4.78, 5) is 12.8. The maximum absolute atomic E-state index is 12.4. The number of thiophene rings is 1. The zero-order chi connectivity index (χ0) is 18.8. The van der Waals surface area contributed by atoms with E-state index in [0.29, 0.717) is 30.2 Å². The van der Waals surface area contributed by atoms with Gasteiger partial charge in [-0.3, -0.25) is 4.79 Å². The van der Waals surface area contributed by atoms with Crippen molar-refractivity contribution in [3.05, 3.63) is 54.7 Å². The average Bonchev–Trinajstić information content (AvgIpc) is 2.95. The number of aromatic hydroxyl groups is 1. The topological polar surface area (TPSA) is 70.9 Å². The number of nitrogens with zero attached hydrogens (tertiary/aromatic N) is 1. The Morgan fingerprint density at radius 2 is 2.00 bits per heavy atom. The van der Waals surface area contributed by atoms with Crippen molar-refractivity contribution in [2.45, 2.75) is 0 Å². The van der Waals surface area contributed by atoms with Crippen molar-refractivity contribution < 1.29 is 14.6 Å². The van der Waals surface area contributed by atoms with Crippen LogP contribution >= 0.6 is 54.8 Å². The number of carbonyl (C=O) groups is 1. The fourth-order valence-electron chi connectivity index (χ4n) is 2.19. The number of carbonyl (C=O) groups excluding carboxylic acids is 1. The monoisotopic (exact) mass is 516 g/mol. The minimum absolute atomic E-state index is 0.0960. The van der Waals surface area contributed by atoms with E-state index < -0.39 is 5.91 Å². The SMILES string of the molecule is COc1ccc2c(Cl)c(C(=O)NN=Cc3cc(Br)c(O)c(Br)c3)sc2c1. The van der Waals surface area contributed by atoms with Crippen LogP contribution in [0.25, 0.3) is 10.1 Å². The minimum Gasteiger partial charge on any atom is -0.506 e. The molecule has 2 aromatic carbocycles. The van der Waals surface area contributed by atoms with Crippen LogP contribution in [-0.2, 0) is 0 Å². The molecule has 0 unspecified atom stereocenters. The quantitative estimate of drug-likeness (QED) is 0.351. The molecule has 3 aromatic rings. The van der Waals surface area contributed by atoms with Gasteiger partial charge in [-0.15, -0.1) is 11.3 Å². The van der Waals surface area contributed by atoms with E-state index >= 15 is 0 Å². The van der Waals surface area contributed by atoms with Crippen LogP contribution in [0.5, 0.6) is 11.5 Å². The van der Waals surface area contributed by atoms with Gasteiger partial charge in [0.15, 0.2) is 0 Å². The summed E-state index contributed by atoms with van der Waals surface area (Å²) in [5, 5.41) is 14.8. The number of ether oxygens (including phenoxy) is 1. The second kappa shape index (κ2) is 7.96. The Bertz CT molecular complexity index is 1010. The number of benzene rings is 2. The lowest BCUT2D eigenvalue weighted by Crippen LogP contribution is -2.16. The second-order valence-electron chi connectivity index (χ2n) is 5.14. The number of hydrazone groups is 1. The Balaban J connectivity index is 1.80. The first kappa shape index (κ1) is 19.2. The highest BCUT2D eigenvalue weighted by Crippen LogP contribution is 2.37. The Morgan fingerprint density at radius 3 is 2.65 bits per heavy atom. The smallest absolute Gasteiger partial charge is 0.283 e. The van der Waals surface area contributed by atoms with Crippen LogP contribution in [0.1, 0.15) is 15.2 Å². The summed E-state index contributed by atoms with van der Waals surface area (Å²) < 4.78 is 7.07. The molecule has 0 saturated carbocycles. The molecule has 1 aromatic heterocycles. The van der Waals surface area contributed by atoms with E-state index in [1.165, 1.54) is 17.6 Å². The number of rotatable bonds is 4. The summed E-state index contributed by atoms with van der Waals surface area (Å²) in [6.07, 6.45) is 1.47. The van der Waals surface area contributed by atoms with Crippen LogP contribution in [0.4, 0.5) is 0 Å². The molecule has 3 rings (SSSR count). The normalized spacial score (nSPS) is 11.2. The zero-order valence-electron chi connectivity index (χ0n) is 13.2. The highest BCUT2D eigenvalue weighted by molar-refractivity contribution is 9.11. The molecule has 0 spiro atoms. The first-order chi connectivity index (χ1) is 12.4. The number of phenols is 1. The number of fused-ring (bicyclic) bond motifs is 1. The number of methoxy groups -OCH3 is 1. The summed E-state index contributed by atoms with van der Waals surface area (Å²) in [7, 11) is 1.58. The lowest BCUT2D eigenvalue weighted by Gasteiger charge is -2.02. The van der Waals surface area contributed by atoms with Crippen LogP contribution in [-0.4, -0.2) is 24.3 Å². The predicted molar refractivity (Wildman–Crippen MR) is 112 cm³/mol. The molecule has 26 heavy (non-hydrogen) atoms. The van der Waals surface area contributed by atoms with Crippen LogP contribution < -0.4 is 10.2 Å². The summed E-state index contributed by atoms with van der Waals surface area (Å²) in [5.41, 5.74) is 3.15. The molecule has 134 valence electrons. The largest absolute Gasteiger partial charge is 0.506 e. The fraction of sp³-hybridized carbons (Fsp3) is 0.0588. The minimum atomic E-state index is -0.400. The van der Waals surface area contributed by atoms with E-state index in [1.54, 1.807) is 25.3 Å². The third-order valence-electron chi connectivity index (χ3n) is 3.46. The Labute approximate surface area is 174 Å². The second-order valence-corrected chi connectivity index (χ2v) is 8.28. The van der Waals surface area contributed by atoms with Gasteiger partial charge in [-0.2, -0.15) is 5.10 Å². The highest BCUT2D eigenvalue weighted by atomic mass is 79.9. The first-order valence-electron chi connectivity index (χ1n) is 7.18. The van der Waals surface area contributed by atoms with Gasteiger partial charge in [0.1, 0.15) is 16.4 Å². The standard InChI is InChI=1S/C17H11Br2ClN2O3S/c1-25-9-2-3-10-13(6-9)26-16(14(10)20)17(24)22-21-7-8-4-11(18)15(23)12(19)5-8/h2-7,23H,1H3,(H,22,24). The summed E-state index contributed by atoms with van der Waals surface area (Å²) in [5.74, 6) is 0.394. The Morgan fingerprint density at radius 1 is 1.31 bits per heavy atom. The van der Waals surface area contributed by atoms with Crippen LogP contribution in [0.15, 0.2) is 44.4 Å². The van der Waals surface area contributed by atoms with Crippen molar-refractivity contribution in [3.63, 3.8) is 0 Å². The van der Waals surface area contributed by atoms with Crippen molar-refractivity contribution in [2.75, 3.05) is 7.11 Å². The summed E-state index contributed by atoms with van der Waals surface area (Å²) in [6, 6.07) is 8.79. The molecule has 0 bridgehead atoms. The number of halogens is 3. The molecular formula is C17H11Br2ClN2O3S. The fourth-order valence-corrected chi connectivity index (χ4v) is 4.85. The Hall–Kier alpha value is -1.61. The van der Waals surface area contributed by atoms with Gasteiger partial charge in [0.05, 0.1) is 27.3 Å². The van der Waals surface area contributed by atoms with Crippen molar-refractivity contribution >= 4 is 77.0 Å². The van der Waals surface area contributed by atoms with E-state index in [2.05, 4.69) is 42.4 Å². The molecule has 0 atom stereocenters. The molecular weight excluding hydrogens is 508 g/mol. The summed E-state index contributed by atoms with van der Waals surface area (Å²) >= 11 is 14.1. The molecule has 0 aliphatic rings. The molecule has 1 amide bonds. The van der Waals surface area contributed by atoms with Gasteiger partial charge in [0.25, 0.3) is 5.91 Å². The molecule has 1 heterocycles. The molecule has 0 aliphatic carbocycles. The first-order valence-corrected chi connectivity index (χ1v) is 9.96. The van der Waals surface area contributed by atoms with Crippen molar-refractivity contribution in [1.82, 2.24) is 5.43 Å². The van der Waals surface area contributed by atoms with Crippen molar-refractivity contribution in [1.29, 1.82) is 0 Å². The third-order valence-corrected chi connectivity index (χ3v) is 6.33. The van der Waals surface area contributed by atoms with Crippen LogP contribution in [0.3, 0.4) is 0 Å². The van der Waals surface area contributed by atoms with E-state index in [0.717, 1.165) is 10.1 Å². The third kappa shape index (κ3) is 3.88. The van der Waals surface area contributed by atoms with Gasteiger partial charge < -0.3 is 9.84 Å². The number of hydrogen-bond donors (Lipinski definition) is 2. The molecule has 9 heteroatoms. The average molecular weight is 519 g/mol. The molecule has 0 fully saturated rings. The van der Waals surface area contributed by atoms with E-state index in [-0.39, 0.29) is 5.75 Å². The van der Waals surface area contributed by atoms with E-state index in [1.807, 2.05) is 12.1 Å². The molecule has 0 aliphatic heterocycles. The van der Waals surface area contributed by atoms with Gasteiger partial charge in [0, 0.05) is 10.1 Å². The number of phenolic OH excluding ortho intramolecular Hbond substituents is 1. The highest BCUT2D eigenvalue weighted by Gasteiger charge is 2.17. The Kier molecular flexibility index (Phi) is 5.86. The van der Waals surface area contributed by atoms with Gasteiger partial charge in [-0.1, -0.05) is 11.6 Å². The predicted octanol–water partition coefficient (Wildman–Crippen LogP) is 5.56. The van der Waals surface area contributed by atoms with Crippen LogP contribution in [0, 0.1) is 0 Å². The van der Waals surface area contributed by atoms with E-state index in [9.17, 15) is 9.90 Å². The summed E-state index contributed by atoms with van der Waals surface area (Å²) in [6.45, 7) is 0. The number of nitrogens with one attached hydrogen (secondary N) is 1. The number of hydrogen-bond acceptors (Lipinski definition) is 5. The molecule has 2 N–H and O–H groups in total. The van der Waals surface area contributed by atoms with Crippen LogP contribution in [0.2, 0.25) is 5.02 Å². The van der Waals surface area contributed by atoms with Gasteiger partial charge >= 0.3 is 0 Å². The number of amides is 1. The maximum Gasteiger partial charge on any atom is 0.283 e. The van der Waals surface area contributed by atoms with Gasteiger partial charge in [0.2, 0.25) is 0 Å². The van der Waals surface area contributed by atoms with Gasteiger partial charge in [-0.25, -0.2) is 5.43 Å². The van der Waals surface area contributed by atoms with Gasteiger partial charge in [-0.05, 0) is 67.8 Å². The zero-order valence-corrected chi connectivity index (χ0v) is 18.0. The molecule has 0 radical (unpaired) electrons.